The largest absolute Gasteiger partial charge is 0.466 e. The van der Waals surface area contributed by atoms with Gasteiger partial charge < -0.3 is 19.1 Å². The van der Waals surface area contributed by atoms with Gasteiger partial charge in [0.2, 0.25) is 0 Å². The number of rotatable bonds is 9. The number of Topliss-reactive ketones (excluding diaryl/α,β-unsaturated/α-hetero) is 1. The molecule has 0 saturated carbocycles. The van der Waals surface area contributed by atoms with Crippen molar-refractivity contribution >= 4 is 18.0 Å². The number of carbonyl (C=O) groups is 3. The molecule has 0 unspecified atom stereocenters. The first-order valence-electron chi connectivity index (χ1n) is 15.8. The molecule has 8 nitrogen and oxygen atoms in total. The Morgan fingerprint density at radius 3 is 1.83 bits per heavy atom. The topological polar surface area (TPSA) is 85.4 Å². The van der Waals surface area contributed by atoms with Crippen molar-refractivity contribution in [3.05, 3.63) is 105 Å². The quantitative estimate of drug-likeness (QED) is 0.0619. The van der Waals surface area contributed by atoms with Gasteiger partial charge in [0.1, 0.15) is 12.7 Å². The van der Waals surface area contributed by atoms with Crippen LogP contribution >= 0.6 is 0 Å². The Morgan fingerprint density at radius 1 is 0.792 bits per heavy atom. The van der Waals surface area contributed by atoms with Crippen LogP contribution in [0.3, 0.4) is 0 Å². The molecule has 0 amide bonds. The third-order valence-corrected chi connectivity index (χ3v) is 7.42. The molecule has 287 valence electrons. The predicted octanol–water partition coefficient (Wildman–Crippen LogP) is 6.32. The van der Waals surface area contributed by atoms with E-state index in [2.05, 4.69) is 15.7 Å². The van der Waals surface area contributed by atoms with Crippen molar-refractivity contribution in [2.75, 3.05) is 59.2 Å². The molecule has 0 spiro atoms. The molecule has 5 rings (SSSR count). The Hall–Kier alpha value is -3.22. The number of esters is 1. The average molecular weight is 839 g/mol. The average Bonchev–Trinajstić information content (AvgIpc) is 3.10. The van der Waals surface area contributed by atoms with E-state index in [0.717, 1.165) is 24.7 Å². The molecule has 2 fully saturated rings. The van der Waals surface area contributed by atoms with Gasteiger partial charge in [-0.25, -0.2) is 22.0 Å². The van der Waals surface area contributed by atoms with E-state index < -0.39 is 75.9 Å². The summed E-state index contributed by atoms with van der Waals surface area (Å²) < 4.78 is 129. The van der Waals surface area contributed by atoms with E-state index in [4.69, 9.17) is 9.47 Å². The Balaban J connectivity index is 0.000000284. The van der Waals surface area contributed by atoms with Crippen LogP contribution in [0.25, 0.3) is 0 Å². The number of hydrogen-bond donors (Lipinski definition) is 0. The monoisotopic (exact) mass is 838 g/mol. The van der Waals surface area contributed by atoms with Gasteiger partial charge in [-0.15, -0.1) is 17.7 Å². The fourth-order valence-corrected chi connectivity index (χ4v) is 4.88. The maximum absolute atomic E-state index is 13.9. The van der Waals surface area contributed by atoms with Crippen molar-refractivity contribution in [1.29, 1.82) is 0 Å². The van der Waals surface area contributed by atoms with Crippen LogP contribution in [0.2, 0.25) is 0 Å². The van der Waals surface area contributed by atoms with Gasteiger partial charge in [0.15, 0.2) is 29.1 Å². The molecule has 0 aromatic heterocycles. The maximum atomic E-state index is 13.9. The summed E-state index contributed by atoms with van der Waals surface area (Å²) in [6.45, 7) is 8.34. The van der Waals surface area contributed by atoms with E-state index in [-0.39, 0.29) is 51.7 Å². The number of nitrogens with zero attached hydrogens (tertiary/aromatic N) is 2. The van der Waals surface area contributed by atoms with Gasteiger partial charge in [-0.05, 0) is 43.3 Å². The minimum Gasteiger partial charge on any atom is -0.466 e. The van der Waals surface area contributed by atoms with E-state index >= 15 is 0 Å². The summed E-state index contributed by atoms with van der Waals surface area (Å²) in [5.41, 5.74) is -1.52. The maximum Gasteiger partial charge on any atom is 0.419 e. The molecule has 2 heterocycles. The molecular weight excluding hydrogens is 804 g/mol. The zero-order valence-corrected chi connectivity index (χ0v) is 31.2. The standard InChI is InChI=1S/C16H19F2NO4.C11H12F2NO.C8H3F5O.Y/c1-2-23-15(21)9-14(20)12-7-11(8-13(17)16(12)18)10-19-3-5-22-6-4-19;12-10-2-1-9(7-11(10)13)8-14-3-5-15-6-4-14;9-6-2-4(3-14)1-5(7(6)10)8(11,12)13;/h7-8H,2-6,9-10H2,1H3;1,7H,3-6,8H2;1-3H;/q;-1;;. The van der Waals surface area contributed by atoms with E-state index in [9.17, 15) is 53.9 Å². The first-order valence-corrected chi connectivity index (χ1v) is 15.8. The number of carbonyl (C=O) groups excluding carboxylic acids is 3. The Labute approximate surface area is 324 Å². The van der Waals surface area contributed by atoms with Crippen LogP contribution in [0, 0.1) is 41.0 Å². The first kappa shape index (κ1) is 45.9. The van der Waals surface area contributed by atoms with Gasteiger partial charge in [0, 0.05) is 82.6 Å². The number of aldehydes is 1. The molecule has 2 aliphatic rings. The summed E-state index contributed by atoms with van der Waals surface area (Å²) in [6.07, 6.45) is -5.60. The van der Waals surface area contributed by atoms with Crippen molar-refractivity contribution < 1.29 is 101 Å². The van der Waals surface area contributed by atoms with Gasteiger partial charge in [0.25, 0.3) is 0 Å². The van der Waals surface area contributed by atoms with Crippen LogP contribution in [0.4, 0.5) is 39.5 Å². The fourth-order valence-electron chi connectivity index (χ4n) is 4.88. The molecule has 0 bridgehead atoms. The molecule has 2 aliphatic heterocycles. The van der Waals surface area contributed by atoms with Crippen LogP contribution in [0.5, 0.6) is 0 Å². The molecular formula is C35H34F9N2O6Y-. The van der Waals surface area contributed by atoms with Crippen molar-refractivity contribution in [2.24, 2.45) is 0 Å². The molecule has 18 heteroatoms. The van der Waals surface area contributed by atoms with Gasteiger partial charge in [-0.1, -0.05) is 0 Å². The van der Waals surface area contributed by atoms with Crippen LogP contribution in [0.15, 0.2) is 36.4 Å². The Morgan fingerprint density at radius 2 is 1.32 bits per heavy atom. The Bertz CT molecular complexity index is 1680. The van der Waals surface area contributed by atoms with Gasteiger partial charge in [0.05, 0.1) is 44.2 Å². The second kappa shape index (κ2) is 22.2. The van der Waals surface area contributed by atoms with Crippen LogP contribution in [0.1, 0.15) is 50.8 Å². The second-order valence-electron chi connectivity index (χ2n) is 11.3. The molecule has 0 aliphatic carbocycles. The van der Waals surface area contributed by atoms with Crippen molar-refractivity contribution in [2.45, 2.75) is 32.6 Å². The Kier molecular flexibility index (Phi) is 19.3. The van der Waals surface area contributed by atoms with Crippen LogP contribution in [-0.2, 0) is 71.0 Å². The summed E-state index contributed by atoms with van der Waals surface area (Å²) >= 11 is 0. The summed E-state index contributed by atoms with van der Waals surface area (Å²) in [4.78, 5) is 37.6. The molecule has 2 saturated heterocycles. The summed E-state index contributed by atoms with van der Waals surface area (Å²) in [5, 5.41) is 0. The number of ketones is 1. The number of hydrogen-bond acceptors (Lipinski definition) is 8. The van der Waals surface area contributed by atoms with Gasteiger partial charge in [-0.2, -0.15) is 19.2 Å². The molecule has 3 aromatic carbocycles. The van der Waals surface area contributed by atoms with E-state index in [1.54, 1.807) is 6.92 Å². The summed E-state index contributed by atoms with van der Waals surface area (Å²) in [6, 6.07) is 8.01. The number of morpholine rings is 2. The van der Waals surface area contributed by atoms with Gasteiger partial charge in [-0.3, -0.25) is 23.7 Å². The zero-order chi connectivity index (χ0) is 38.4. The van der Waals surface area contributed by atoms with Crippen molar-refractivity contribution in [1.82, 2.24) is 9.80 Å². The third-order valence-electron chi connectivity index (χ3n) is 7.42. The predicted molar refractivity (Wildman–Crippen MR) is 166 cm³/mol. The molecule has 1 radical (unpaired) electrons. The minimum absolute atomic E-state index is 0. The van der Waals surface area contributed by atoms with Crippen LogP contribution in [-0.4, -0.2) is 87.1 Å². The molecule has 0 N–H and O–H groups in total. The molecule has 53 heavy (non-hydrogen) atoms. The van der Waals surface area contributed by atoms with E-state index in [0.29, 0.717) is 64.2 Å². The van der Waals surface area contributed by atoms with Crippen molar-refractivity contribution in [3.63, 3.8) is 0 Å². The SMILES string of the molecule is CCOC(=O)CC(=O)c1cc(CN2CCOCC2)cc(F)c1F.Fc1[c-]cc(CN2CCOCC2)cc1F.O=Cc1cc(F)c(F)c(C(F)(F)F)c1.[Y]. The molecule has 3 aromatic rings. The van der Waals surface area contributed by atoms with Crippen molar-refractivity contribution in [3.8, 4) is 0 Å². The summed E-state index contributed by atoms with van der Waals surface area (Å²) in [5.74, 6) is -9.31. The van der Waals surface area contributed by atoms with E-state index in [1.165, 1.54) is 18.2 Å². The van der Waals surface area contributed by atoms with Gasteiger partial charge >= 0.3 is 12.1 Å². The minimum atomic E-state index is -5.01. The summed E-state index contributed by atoms with van der Waals surface area (Å²) in [7, 11) is 0. The second-order valence-corrected chi connectivity index (χ2v) is 11.3. The normalized spacial score (nSPS) is 14.8. The third kappa shape index (κ3) is 14.9. The number of ether oxygens (including phenoxy) is 3. The smallest absolute Gasteiger partial charge is 0.419 e. The molecule has 0 atom stereocenters. The number of halogens is 9. The van der Waals surface area contributed by atoms with E-state index in [1.807, 2.05) is 4.90 Å². The zero-order valence-electron chi connectivity index (χ0n) is 28.3. The first-order chi connectivity index (χ1) is 24.6. The number of benzene rings is 3. The fraction of sp³-hybridized carbons (Fsp3) is 0.400. The van der Waals surface area contributed by atoms with Crippen LogP contribution < -0.4 is 0 Å². The number of alkyl halides is 3.